The fourth-order valence-electron chi connectivity index (χ4n) is 2.47. The van der Waals surface area contributed by atoms with Crippen LogP contribution in [0.5, 0.6) is 0 Å². The zero-order valence-electron chi connectivity index (χ0n) is 11.5. The molecule has 94 valence electrons. The van der Waals surface area contributed by atoms with Crippen molar-refractivity contribution in [2.24, 2.45) is 0 Å². The summed E-state index contributed by atoms with van der Waals surface area (Å²) in [6.45, 7) is 8.88. The van der Waals surface area contributed by atoms with Crippen LogP contribution < -0.4 is 0 Å². The van der Waals surface area contributed by atoms with Gasteiger partial charge in [0.25, 0.3) is 0 Å². The van der Waals surface area contributed by atoms with Crippen molar-refractivity contribution in [2.75, 3.05) is 0 Å². The third-order valence-electron chi connectivity index (χ3n) is 3.68. The Labute approximate surface area is 107 Å². The summed E-state index contributed by atoms with van der Waals surface area (Å²) < 4.78 is 0. The van der Waals surface area contributed by atoms with E-state index in [4.69, 9.17) is 0 Å². The molecule has 0 saturated carbocycles. The van der Waals surface area contributed by atoms with Gasteiger partial charge in [-0.2, -0.15) is 0 Å². The summed E-state index contributed by atoms with van der Waals surface area (Å²) in [5.41, 5.74) is 5.10. The lowest BCUT2D eigenvalue weighted by atomic mass is 10.1. The molecule has 1 aromatic carbocycles. The Morgan fingerprint density at radius 1 is 0.833 bits per heavy atom. The largest absolute Gasteiger partial charge is 0.358 e. The Hall–Kier alpha value is -1.70. The fraction of sp³-hybridized carbons (Fsp3) is 0.375. The molecule has 2 N–H and O–H groups in total. The van der Waals surface area contributed by atoms with Gasteiger partial charge in [-0.15, -0.1) is 0 Å². The third-order valence-corrected chi connectivity index (χ3v) is 3.68. The quantitative estimate of drug-likeness (QED) is 0.638. The lowest BCUT2D eigenvalue weighted by molar-refractivity contribution is 0.836. The van der Waals surface area contributed by atoms with Crippen molar-refractivity contribution >= 4 is 21.8 Å². The predicted octanol–water partition coefficient (Wildman–Crippen LogP) is 4.90. The smallest absolute Gasteiger partial charge is 0.0551 e. The maximum atomic E-state index is 3.57. The Kier molecular flexibility index (Phi) is 2.47. The summed E-state index contributed by atoms with van der Waals surface area (Å²) in [4.78, 5) is 7.08. The molecule has 0 unspecified atom stereocenters. The van der Waals surface area contributed by atoms with E-state index in [9.17, 15) is 0 Å². The van der Waals surface area contributed by atoms with E-state index in [1.54, 1.807) is 0 Å². The number of hydrogen-bond acceptors (Lipinski definition) is 0. The van der Waals surface area contributed by atoms with Crippen molar-refractivity contribution in [3.63, 3.8) is 0 Å². The summed E-state index contributed by atoms with van der Waals surface area (Å²) >= 11 is 0. The average molecular weight is 240 g/mol. The molecule has 2 aromatic heterocycles. The molecule has 2 heteroatoms. The van der Waals surface area contributed by atoms with E-state index < -0.39 is 0 Å². The zero-order valence-corrected chi connectivity index (χ0v) is 11.5. The molecule has 0 atom stereocenters. The first-order chi connectivity index (χ1) is 8.56. The highest BCUT2D eigenvalue weighted by atomic mass is 14.8. The summed E-state index contributed by atoms with van der Waals surface area (Å²) in [5, 5.41) is 2.61. The van der Waals surface area contributed by atoms with Gasteiger partial charge in [-0.3, -0.25) is 0 Å². The Balaban J connectivity index is 2.30. The van der Waals surface area contributed by atoms with E-state index in [1.165, 1.54) is 33.2 Å². The third kappa shape index (κ3) is 1.64. The molecule has 3 rings (SSSR count). The molecule has 0 aliphatic carbocycles. The van der Waals surface area contributed by atoms with Crippen LogP contribution in [0.2, 0.25) is 0 Å². The summed E-state index contributed by atoms with van der Waals surface area (Å²) in [5.74, 6) is 1.07. The van der Waals surface area contributed by atoms with Gasteiger partial charge >= 0.3 is 0 Å². The minimum atomic E-state index is 0.534. The van der Waals surface area contributed by atoms with E-state index in [-0.39, 0.29) is 0 Å². The van der Waals surface area contributed by atoms with E-state index >= 15 is 0 Å². The second-order valence-electron chi connectivity index (χ2n) is 5.75. The van der Waals surface area contributed by atoms with Crippen molar-refractivity contribution in [3.8, 4) is 0 Å². The van der Waals surface area contributed by atoms with Gasteiger partial charge in [0.2, 0.25) is 0 Å². The molecular weight excluding hydrogens is 220 g/mol. The summed E-state index contributed by atoms with van der Waals surface area (Å²) in [7, 11) is 0. The van der Waals surface area contributed by atoms with Gasteiger partial charge in [-0.05, 0) is 30.0 Å². The number of nitrogens with one attached hydrogen (secondary N) is 2. The van der Waals surface area contributed by atoms with Gasteiger partial charge < -0.3 is 9.97 Å². The SMILES string of the molecule is CC(C)c1cc2c(ccc3cc(C(C)C)[nH]c32)[nH]1. The number of fused-ring (bicyclic) bond motifs is 3. The van der Waals surface area contributed by atoms with Gasteiger partial charge in [0, 0.05) is 27.7 Å². The molecule has 0 fully saturated rings. The molecule has 0 radical (unpaired) electrons. The first kappa shape index (κ1) is 11.4. The molecular formula is C16H20N2. The number of hydrogen-bond donors (Lipinski definition) is 2. The van der Waals surface area contributed by atoms with E-state index in [1.807, 2.05) is 0 Å². The van der Waals surface area contributed by atoms with Crippen molar-refractivity contribution in [1.82, 2.24) is 9.97 Å². The number of aromatic amines is 2. The van der Waals surface area contributed by atoms with Crippen molar-refractivity contribution in [2.45, 2.75) is 39.5 Å². The van der Waals surface area contributed by atoms with E-state index in [0.29, 0.717) is 11.8 Å². The summed E-state index contributed by atoms with van der Waals surface area (Å²) in [6, 6.07) is 8.92. The lowest BCUT2D eigenvalue weighted by Gasteiger charge is -1.98. The molecule has 0 aliphatic rings. The standard InChI is InChI=1S/C16H20N2/c1-9(2)14-7-11-5-6-13-12(16(11)18-14)8-15(17-13)10(3)4/h5-10,17-18H,1-4H3. The van der Waals surface area contributed by atoms with Crippen LogP contribution in [0.15, 0.2) is 24.3 Å². The van der Waals surface area contributed by atoms with Gasteiger partial charge in [0.15, 0.2) is 0 Å². The van der Waals surface area contributed by atoms with Crippen LogP contribution in [0.25, 0.3) is 21.8 Å². The van der Waals surface area contributed by atoms with Crippen molar-refractivity contribution in [3.05, 3.63) is 35.7 Å². The fourth-order valence-corrected chi connectivity index (χ4v) is 2.47. The Morgan fingerprint density at radius 3 is 2.17 bits per heavy atom. The molecule has 0 bridgehead atoms. The molecule has 0 amide bonds. The highest BCUT2D eigenvalue weighted by molar-refractivity contribution is 6.05. The topological polar surface area (TPSA) is 31.6 Å². The van der Waals surface area contributed by atoms with Crippen LogP contribution in [0.3, 0.4) is 0 Å². The first-order valence-corrected chi connectivity index (χ1v) is 6.70. The van der Waals surface area contributed by atoms with E-state index in [2.05, 4.69) is 61.9 Å². The number of rotatable bonds is 2. The van der Waals surface area contributed by atoms with Crippen LogP contribution in [-0.2, 0) is 0 Å². The van der Waals surface area contributed by atoms with Crippen LogP contribution in [0.4, 0.5) is 0 Å². The maximum Gasteiger partial charge on any atom is 0.0551 e. The van der Waals surface area contributed by atoms with E-state index in [0.717, 1.165) is 0 Å². The average Bonchev–Trinajstić information content (AvgIpc) is 2.91. The highest BCUT2D eigenvalue weighted by Gasteiger charge is 2.10. The molecule has 3 aromatic rings. The van der Waals surface area contributed by atoms with Gasteiger partial charge in [0.05, 0.1) is 5.52 Å². The lowest BCUT2D eigenvalue weighted by Crippen LogP contribution is -1.85. The van der Waals surface area contributed by atoms with Gasteiger partial charge in [0.1, 0.15) is 0 Å². The van der Waals surface area contributed by atoms with Crippen LogP contribution in [-0.4, -0.2) is 9.97 Å². The van der Waals surface area contributed by atoms with Crippen LogP contribution in [0.1, 0.15) is 50.9 Å². The second kappa shape index (κ2) is 3.91. The normalized spacial score (nSPS) is 12.3. The zero-order chi connectivity index (χ0) is 12.9. The molecule has 0 spiro atoms. The predicted molar refractivity (Wildman–Crippen MR) is 78.3 cm³/mol. The van der Waals surface area contributed by atoms with Crippen molar-refractivity contribution in [1.29, 1.82) is 0 Å². The van der Waals surface area contributed by atoms with Gasteiger partial charge in [-0.25, -0.2) is 0 Å². The number of H-pyrrole nitrogens is 2. The molecule has 2 nitrogen and oxygen atoms in total. The number of benzene rings is 1. The minimum Gasteiger partial charge on any atom is -0.358 e. The molecule has 18 heavy (non-hydrogen) atoms. The van der Waals surface area contributed by atoms with Crippen LogP contribution in [0, 0.1) is 0 Å². The summed E-state index contributed by atoms with van der Waals surface area (Å²) in [6.07, 6.45) is 0. The maximum absolute atomic E-state index is 3.57. The monoisotopic (exact) mass is 240 g/mol. The minimum absolute atomic E-state index is 0.534. The molecule has 0 aliphatic heterocycles. The number of aromatic nitrogens is 2. The Morgan fingerprint density at radius 2 is 1.50 bits per heavy atom. The second-order valence-corrected chi connectivity index (χ2v) is 5.75. The molecule has 2 heterocycles. The molecule has 0 saturated heterocycles. The Bertz CT molecular complexity index is 637. The van der Waals surface area contributed by atoms with Crippen molar-refractivity contribution < 1.29 is 0 Å². The van der Waals surface area contributed by atoms with Gasteiger partial charge in [-0.1, -0.05) is 33.8 Å². The highest BCUT2D eigenvalue weighted by Crippen LogP contribution is 2.30. The van der Waals surface area contributed by atoms with Crippen LogP contribution >= 0.6 is 0 Å². The first-order valence-electron chi connectivity index (χ1n) is 6.70.